The molecule has 0 atom stereocenters. The monoisotopic (exact) mass is 480 g/mol. The highest BCUT2D eigenvalue weighted by Gasteiger charge is 1.99. The van der Waals surface area contributed by atoms with Crippen molar-refractivity contribution in [2.45, 2.75) is 47.6 Å². The number of allylic oxidation sites excluding steroid dienone is 4. The van der Waals surface area contributed by atoms with Crippen molar-refractivity contribution in [1.29, 1.82) is 0 Å². The second-order valence-corrected chi connectivity index (χ2v) is 8.55. The maximum Gasteiger partial charge on any atom is 0.0638 e. The third-order valence-electron chi connectivity index (χ3n) is 5.08. The Kier molecular flexibility index (Phi) is 11.9. The van der Waals surface area contributed by atoms with Crippen LogP contribution in [0.2, 0.25) is 0 Å². The second-order valence-electron chi connectivity index (χ2n) is 8.55. The lowest BCUT2D eigenvalue weighted by molar-refractivity contribution is 0.900. The van der Waals surface area contributed by atoms with Crippen molar-refractivity contribution in [1.82, 2.24) is 0 Å². The Labute approximate surface area is 217 Å². The van der Waals surface area contributed by atoms with Crippen LogP contribution < -0.4 is 10.6 Å². The van der Waals surface area contributed by atoms with Crippen LogP contribution in [0.1, 0.15) is 38.8 Å². The van der Waals surface area contributed by atoms with Gasteiger partial charge in [-0.2, -0.15) is 0 Å². The lowest BCUT2D eigenvalue weighted by atomic mass is 10.1. The lowest BCUT2D eigenvalue weighted by Gasteiger charge is -2.11. The first-order valence-electron chi connectivity index (χ1n) is 12.6. The third kappa shape index (κ3) is 10.1. The highest BCUT2D eigenvalue weighted by Crippen LogP contribution is 2.19. The van der Waals surface area contributed by atoms with Gasteiger partial charge in [-0.3, -0.25) is 4.99 Å². The van der Waals surface area contributed by atoms with Gasteiger partial charge in [0.05, 0.1) is 17.1 Å². The lowest BCUT2D eigenvalue weighted by Crippen LogP contribution is -2.09. The molecule has 0 spiro atoms. The van der Waals surface area contributed by atoms with E-state index in [1.165, 1.54) is 11.1 Å². The summed E-state index contributed by atoms with van der Waals surface area (Å²) in [6.45, 7) is 12.4. The van der Waals surface area contributed by atoms with Crippen LogP contribution in [0.4, 0.5) is 22.7 Å². The van der Waals surface area contributed by atoms with Crippen LogP contribution in [0.25, 0.3) is 0 Å². The van der Waals surface area contributed by atoms with Gasteiger partial charge in [0.1, 0.15) is 0 Å². The number of aliphatic imine (C=N–C) groups is 2. The molecule has 1 aliphatic rings. The van der Waals surface area contributed by atoms with Gasteiger partial charge in [-0.25, -0.2) is 4.99 Å². The molecular formula is C32H40N4. The first kappa shape index (κ1) is 28.3. The highest BCUT2D eigenvalue weighted by atomic mass is 14.9. The zero-order valence-corrected chi connectivity index (χ0v) is 22.7. The predicted octanol–water partition coefficient (Wildman–Crippen LogP) is 8.85. The molecule has 2 N–H and O–H groups in total. The van der Waals surface area contributed by atoms with Crippen molar-refractivity contribution in [3.05, 3.63) is 108 Å². The van der Waals surface area contributed by atoms with Gasteiger partial charge >= 0.3 is 0 Å². The van der Waals surface area contributed by atoms with Crippen molar-refractivity contribution in [3.8, 4) is 0 Å². The fourth-order valence-electron chi connectivity index (χ4n) is 3.23. The Balaban J connectivity index is 0.000000239. The van der Waals surface area contributed by atoms with Crippen LogP contribution >= 0.6 is 0 Å². The molecule has 0 heterocycles. The summed E-state index contributed by atoms with van der Waals surface area (Å²) >= 11 is 0. The maximum atomic E-state index is 4.52. The first-order chi connectivity index (χ1) is 17.4. The summed E-state index contributed by atoms with van der Waals surface area (Å²) in [7, 11) is 1.78. The summed E-state index contributed by atoms with van der Waals surface area (Å²) in [4.78, 5) is 8.60. The van der Waals surface area contributed by atoms with Crippen molar-refractivity contribution < 1.29 is 0 Å². The Morgan fingerprint density at radius 2 is 1.00 bits per heavy atom. The fourth-order valence-corrected chi connectivity index (χ4v) is 3.23. The van der Waals surface area contributed by atoms with Crippen LogP contribution in [-0.4, -0.2) is 24.5 Å². The van der Waals surface area contributed by atoms with Gasteiger partial charge in [0, 0.05) is 30.2 Å². The fraction of sp³-hybridized carbons (Fsp3) is 0.250. The molecule has 1 aliphatic carbocycles. The van der Waals surface area contributed by atoms with E-state index in [0.29, 0.717) is 6.04 Å². The summed E-state index contributed by atoms with van der Waals surface area (Å²) in [5, 5.41) is 6.76. The van der Waals surface area contributed by atoms with Gasteiger partial charge in [-0.1, -0.05) is 49.2 Å². The molecule has 4 rings (SSSR count). The van der Waals surface area contributed by atoms with Crippen molar-refractivity contribution in [2.24, 2.45) is 9.98 Å². The van der Waals surface area contributed by atoms with Crippen LogP contribution in [0.5, 0.6) is 0 Å². The second kappa shape index (κ2) is 15.2. The number of benzene rings is 3. The zero-order chi connectivity index (χ0) is 26.3. The van der Waals surface area contributed by atoms with Gasteiger partial charge < -0.3 is 10.6 Å². The number of nitrogens with one attached hydrogen (secondary N) is 2. The molecule has 3 aromatic rings. The molecule has 4 nitrogen and oxygen atoms in total. The molecule has 0 saturated carbocycles. The van der Waals surface area contributed by atoms with E-state index in [-0.39, 0.29) is 0 Å². The molecule has 0 fully saturated rings. The maximum absolute atomic E-state index is 4.52. The van der Waals surface area contributed by atoms with Crippen molar-refractivity contribution in [3.63, 3.8) is 0 Å². The summed E-state index contributed by atoms with van der Waals surface area (Å²) in [5.74, 6) is 0. The minimum atomic E-state index is 0.459. The van der Waals surface area contributed by atoms with Gasteiger partial charge in [-0.05, 0) is 101 Å². The minimum absolute atomic E-state index is 0.459. The molecule has 36 heavy (non-hydrogen) atoms. The average Bonchev–Trinajstić information content (AvgIpc) is 2.90. The topological polar surface area (TPSA) is 48.8 Å². The molecule has 0 radical (unpaired) electrons. The Hall–Kier alpha value is -3.92. The molecule has 0 saturated heterocycles. The number of nitrogens with zero attached hydrogens (tertiary/aromatic N) is 2. The van der Waals surface area contributed by atoms with Crippen LogP contribution in [0, 0.1) is 13.8 Å². The molecule has 4 heteroatoms. The van der Waals surface area contributed by atoms with E-state index in [0.717, 1.165) is 34.2 Å². The van der Waals surface area contributed by atoms with E-state index in [4.69, 9.17) is 0 Å². The number of hydrogen-bond acceptors (Lipinski definition) is 4. The molecule has 0 unspecified atom stereocenters. The minimum Gasteiger partial charge on any atom is -0.383 e. The molecule has 188 valence electrons. The zero-order valence-electron chi connectivity index (χ0n) is 22.7. The van der Waals surface area contributed by atoms with Gasteiger partial charge in [0.2, 0.25) is 0 Å². The van der Waals surface area contributed by atoms with E-state index in [1.807, 2.05) is 50.3 Å². The molecule has 0 aliphatic heterocycles. The number of anilines is 3. The SMILES string of the molecule is CC.CN=C1C=CC(=Nc2ccc(C)cc2)C=C1.Cc1ccc(Nc2ccc(NC(C)C)cc2)cc1. The number of hydrogen-bond donors (Lipinski definition) is 2. The van der Waals surface area contributed by atoms with Gasteiger partial charge in [0.15, 0.2) is 0 Å². The van der Waals surface area contributed by atoms with Crippen LogP contribution in [0.3, 0.4) is 0 Å². The average molecular weight is 481 g/mol. The van der Waals surface area contributed by atoms with E-state index in [2.05, 4.69) is 109 Å². The van der Waals surface area contributed by atoms with E-state index < -0.39 is 0 Å². The largest absolute Gasteiger partial charge is 0.383 e. The Bertz CT molecular complexity index is 1150. The Morgan fingerprint density at radius 1 is 0.583 bits per heavy atom. The quantitative estimate of drug-likeness (QED) is 0.358. The summed E-state index contributed by atoms with van der Waals surface area (Å²) < 4.78 is 0. The van der Waals surface area contributed by atoms with Crippen molar-refractivity contribution in [2.75, 3.05) is 17.7 Å². The highest BCUT2D eigenvalue weighted by molar-refractivity contribution is 6.18. The molecular weight excluding hydrogens is 440 g/mol. The van der Waals surface area contributed by atoms with Gasteiger partial charge in [0.25, 0.3) is 0 Å². The smallest absolute Gasteiger partial charge is 0.0638 e. The van der Waals surface area contributed by atoms with E-state index in [9.17, 15) is 0 Å². The van der Waals surface area contributed by atoms with Crippen LogP contribution in [-0.2, 0) is 0 Å². The standard InChI is InChI=1S/C16H20N2.C14H14N2.C2H6/c1-12(2)17-14-8-10-16(11-9-14)18-15-6-4-13(3)5-7-15;1-11-3-5-13(6-4-11)16-14-9-7-12(15-2)8-10-14;1-2/h4-12,17-18H,1-3H3;3-10H,1-2H3;1-2H3. The number of rotatable bonds is 5. The van der Waals surface area contributed by atoms with E-state index in [1.54, 1.807) is 7.05 Å². The summed E-state index contributed by atoms with van der Waals surface area (Å²) in [6.07, 6.45) is 7.88. The normalized spacial score (nSPS) is 11.7. The molecule has 0 aromatic heterocycles. The van der Waals surface area contributed by atoms with Crippen molar-refractivity contribution >= 4 is 34.2 Å². The molecule has 3 aromatic carbocycles. The third-order valence-corrected chi connectivity index (χ3v) is 5.08. The Morgan fingerprint density at radius 3 is 1.47 bits per heavy atom. The first-order valence-corrected chi connectivity index (χ1v) is 12.6. The van der Waals surface area contributed by atoms with E-state index >= 15 is 0 Å². The number of aryl methyl sites for hydroxylation is 2. The summed E-state index contributed by atoms with van der Waals surface area (Å²) in [5.41, 5.74) is 8.81. The van der Waals surface area contributed by atoms with Gasteiger partial charge in [-0.15, -0.1) is 0 Å². The molecule has 0 bridgehead atoms. The molecule has 0 amide bonds. The van der Waals surface area contributed by atoms with Crippen LogP contribution in [0.15, 0.2) is 107 Å². The summed E-state index contributed by atoms with van der Waals surface area (Å²) in [6, 6.07) is 25.4. The predicted molar refractivity (Wildman–Crippen MR) is 161 cm³/mol.